The van der Waals surface area contributed by atoms with Crippen LogP contribution in [-0.2, 0) is 19.5 Å². The van der Waals surface area contributed by atoms with Crippen LogP contribution in [0.25, 0.3) is 11.3 Å². The number of carboxylic acid groups (broad SMARTS) is 1. The van der Waals surface area contributed by atoms with Gasteiger partial charge in [-0.2, -0.15) is 0 Å². The first-order valence-corrected chi connectivity index (χ1v) is 15.1. The van der Waals surface area contributed by atoms with E-state index in [0.717, 1.165) is 37.3 Å². The van der Waals surface area contributed by atoms with Crippen molar-refractivity contribution in [3.63, 3.8) is 0 Å². The number of aryl methyl sites for hydroxylation is 1. The van der Waals surface area contributed by atoms with Gasteiger partial charge in [0.05, 0.1) is 5.69 Å². The number of H-pyrrole nitrogens is 1. The van der Waals surface area contributed by atoms with Crippen molar-refractivity contribution in [2.45, 2.75) is 58.2 Å². The zero-order valence-electron chi connectivity index (χ0n) is 24.3. The summed E-state index contributed by atoms with van der Waals surface area (Å²) in [4.78, 5) is 31.9. The molecule has 1 aromatic heterocycles. The van der Waals surface area contributed by atoms with E-state index in [-0.39, 0.29) is 11.0 Å². The molecule has 1 spiro atoms. The maximum Gasteiger partial charge on any atom is 0.341 e. The number of nitrogens with one attached hydrogen (secondary N) is 1. The maximum absolute atomic E-state index is 12.4. The third-order valence-electron chi connectivity index (χ3n) is 9.27. The fourth-order valence-electron chi connectivity index (χ4n) is 7.14. The number of hydrogen-bond donors (Lipinski definition) is 2. The molecule has 0 amide bonds. The van der Waals surface area contributed by atoms with Crippen LogP contribution in [0.4, 0.5) is 5.69 Å². The summed E-state index contributed by atoms with van der Waals surface area (Å²) in [7, 11) is 0. The second-order valence-electron chi connectivity index (χ2n) is 12.0. The molecule has 4 aromatic rings. The second kappa shape index (κ2) is 12.0. The second-order valence-corrected chi connectivity index (χ2v) is 12.0. The summed E-state index contributed by atoms with van der Waals surface area (Å²) in [6.07, 6.45) is 5.68. The van der Waals surface area contributed by atoms with Gasteiger partial charge >= 0.3 is 5.97 Å². The number of aromatic nitrogens is 1. The lowest BCUT2D eigenvalue weighted by molar-refractivity contribution is -0.00747. The van der Waals surface area contributed by atoms with E-state index in [0.29, 0.717) is 18.2 Å². The van der Waals surface area contributed by atoms with Crippen LogP contribution in [0.1, 0.15) is 59.7 Å². The minimum absolute atomic E-state index is 0.214. The Balaban J connectivity index is 1.22. The Morgan fingerprint density at radius 1 is 0.929 bits per heavy atom. The fraction of sp³-hybridized carbons (Fsp3) is 0.333. The molecular formula is C36H39N3O3. The quantitative estimate of drug-likeness (QED) is 0.236. The van der Waals surface area contributed by atoms with Crippen LogP contribution in [0.15, 0.2) is 95.8 Å². The molecule has 2 aliphatic rings. The van der Waals surface area contributed by atoms with E-state index >= 15 is 0 Å². The van der Waals surface area contributed by atoms with Gasteiger partial charge in [-0.15, -0.1) is 0 Å². The largest absolute Gasteiger partial charge is 0.477 e. The molecule has 216 valence electrons. The standard InChI is InChI=1S/C36H39N3O3/c1-2-28-21-31(35(41)42)34(40)37-33(28)29-16-18-30(19-17-29)39-24-36(25-39)20-10-9-15-32(36)38(22-26-11-5-3-6-12-26)23-27-13-7-4-8-14-27/h3-8,11-14,16-19,21,32H,2,9-10,15,20,22-25H2,1H3,(H,37,40)(H,41,42)/t32-/m1/s1. The highest BCUT2D eigenvalue weighted by Gasteiger charge is 2.51. The Morgan fingerprint density at radius 3 is 2.12 bits per heavy atom. The van der Waals surface area contributed by atoms with Crippen molar-refractivity contribution in [3.8, 4) is 11.3 Å². The Kier molecular flexibility index (Phi) is 7.98. The number of carboxylic acids is 1. The average Bonchev–Trinajstić information content (AvgIpc) is 3.00. The SMILES string of the molecule is CCc1cc(C(=O)O)c(=O)[nH]c1-c1ccc(N2CC3(CCCC[C@H]3N(Cc3ccccc3)Cc3ccccc3)C2)cc1. The van der Waals surface area contributed by atoms with Gasteiger partial charge in [0.2, 0.25) is 0 Å². The minimum Gasteiger partial charge on any atom is -0.477 e. The highest BCUT2D eigenvalue weighted by molar-refractivity contribution is 5.88. The van der Waals surface area contributed by atoms with E-state index in [1.807, 2.05) is 19.1 Å². The Bertz CT molecular complexity index is 1530. The Morgan fingerprint density at radius 2 is 1.55 bits per heavy atom. The van der Waals surface area contributed by atoms with E-state index in [9.17, 15) is 14.7 Å². The van der Waals surface area contributed by atoms with Crippen LogP contribution in [0.2, 0.25) is 0 Å². The first-order valence-electron chi connectivity index (χ1n) is 15.1. The molecule has 6 rings (SSSR count). The summed E-state index contributed by atoms with van der Waals surface area (Å²) >= 11 is 0. The van der Waals surface area contributed by atoms with Gasteiger partial charge in [0.15, 0.2) is 0 Å². The summed E-state index contributed by atoms with van der Waals surface area (Å²) in [6, 6.07) is 32.1. The molecule has 1 saturated carbocycles. The molecule has 6 nitrogen and oxygen atoms in total. The topological polar surface area (TPSA) is 76.6 Å². The van der Waals surface area contributed by atoms with Crippen LogP contribution < -0.4 is 10.5 Å². The lowest BCUT2D eigenvalue weighted by Crippen LogP contribution is -2.66. The summed E-state index contributed by atoms with van der Waals surface area (Å²) < 4.78 is 0. The molecule has 1 aliphatic heterocycles. The molecule has 1 atom stereocenters. The monoisotopic (exact) mass is 561 g/mol. The van der Waals surface area contributed by atoms with Crippen LogP contribution >= 0.6 is 0 Å². The number of carbonyl (C=O) groups is 1. The molecule has 42 heavy (non-hydrogen) atoms. The third kappa shape index (κ3) is 5.64. The van der Waals surface area contributed by atoms with Crippen molar-refractivity contribution in [1.82, 2.24) is 9.88 Å². The van der Waals surface area contributed by atoms with Crippen LogP contribution in [-0.4, -0.2) is 40.1 Å². The molecule has 1 saturated heterocycles. The van der Waals surface area contributed by atoms with Crippen molar-refractivity contribution < 1.29 is 9.90 Å². The van der Waals surface area contributed by atoms with E-state index in [1.54, 1.807) is 0 Å². The van der Waals surface area contributed by atoms with E-state index < -0.39 is 11.5 Å². The van der Waals surface area contributed by atoms with Crippen LogP contribution in [0.5, 0.6) is 0 Å². The molecule has 6 heteroatoms. The molecule has 2 fully saturated rings. The smallest absolute Gasteiger partial charge is 0.341 e. The molecule has 2 heterocycles. The van der Waals surface area contributed by atoms with Gasteiger partial charge in [-0.25, -0.2) is 4.79 Å². The molecule has 0 radical (unpaired) electrons. The zero-order valence-corrected chi connectivity index (χ0v) is 24.3. The van der Waals surface area contributed by atoms with E-state index in [2.05, 4.69) is 87.6 Å². The first kappa shape index (κ1) is 28.0. The lowest BCUT2D eigenvalue weighted by atomic mass is 9.64. The van der Waals surface area contributed by atoms with Crippen molar-refractivity contribution in [3.05, 3.63) is 124 Å². The molecule has 1 aliphatic carbocycles. The van der Waals surface area contributed by atoms with Crippen molar-refractivity contribution in [1.29, 1.82) is 0 Å². The Labute approximate surface area is 247 Å². The molecule has 3 aromatic carbocycles. The lowest BCUT2D eigenvalue weighted by Gasteiger charge is -2.60. The zero-order chi connectivity index (χ0) is 29.1. The Hall–Kier alpha value is -4.16. The van der Waals surface area contributed by atoms with Gasteiger partial charge in [0.1, 0.15) is 5.56 Å². The van der Waals surface area contributed by atoms with Crippen LogP contribution in [0, 0.1) is 5.41 Å². The summed E-state index contributed by atoms with van der Waals surface area (Å²) in [6.45, 7) is 5.96. The predicted octanol–water partition coefficient (Wildman–Crippen LogP) is 6.75. The van der Waals surface area contributed by atoms with Gasteiger partial charge in [-0.3, -0.25) is 9.69 Å². The summed E-state index contributed by atoms with van der Waals surface area (Å²) in [5.41, 5.74) is 5.82. The number of aromatic amines is 1. The number of nitrogens with zero attached hydrogens (tertiary/aromatic N) is 2. The number of benzene rings is 3. The molecule has 2 N–H and O–H groups in total. The van der Waals surface area contributed by atoms with E-state index in [1.165, 1.54) is 48.6 Å². The molecule has 0 bridgehead atoms. The highest BCUT2D eigenvalue weighted by Crippen LogP contribution is 2.48. The van der Waals surface area contributed by atoms with Crippen molar-refractivity contribution >= 4 is 11.7 Å². The summed E-state index contributed by atoms with van der Waals surface area (Å²) in [5.74, 6) is -1.20. The van der Waals surface area contributed by atoms with Crippen molar-refractivity contribution in [2.75, 3.05) is 18.0 Å². The minimum atomic E-state index is -1.20. The number of hydrogen-bond acceptors (Lipinski definition) is 4. The average molecular weight is 562 g/mol. The number of anilines is 1. The number of aromatic carboxylic acids is 1. The van der Waals surface area contributed by atoms with Gasteiger partial charge < -0.3 is 15.0 Å². The number of pyridine rings is 1. The first-order chi connectivity index (χ1) is 20.5. The normalized spacial score (nSPS) is 17.8. The highest BCUT2D eigenvalue weighted by atomic mass is 16.4. The van der Waals surface area contributed by atoms with Crippen LogP contribution in [0.3, 0.4) is 0 Å². The third-order valence-corrected chi connectivity index (χ3v) is 9.27. The van der Waals surface area contributed by atoms with Crippen molar-refractivity contribution in [2.24, 2.45) is 5.41 Å². The number of rotatable bonds is 9. The molecular weight excluding hydrogens is 522 g/mol. The van der Waals surface area contributed by atoms with Gasteiger partial charge in [-0.1, -0.05) is 92.6 Å². The van der Waals surface area contributed by atoms with Gasteiger partial charge in [0.25, 0.3) is 5.56 Å². The fourth-order valence-corrected chi connectivity index (χ4v) is 7.14. The summed E-state index contributed by atoms with van der Waals surface area (Å²) in [5, 5.41) is 9.36. The van der Waals surface area contributed by atoms with E-state index in [4.69, 9.17) is 0 Å². The molecule has 0 unspecified atom stereocenters. The predicted molar refractivity (Wildman–Crippen MR) is 168 cm³/mol. The maximum atomic E-state index is 12.4. The van der Waals surface area contributed by atoms with Gasteiger partial charge in [0, 0.05) is 43.3 Å². The van der Waals surface area contributed by atoms with Gasteiger partial charge in [-0.05, 0) is 59.7 Å².